The summed E-state index contributed by atoms with van der Waals surface area (Å²) in [6.07, 6.45) is 10.9. The van der Waals surface area contributed by atoms with Crippen molar-refractivity contribution >= 4 is 24.8 Å². The van der Waals surface area contributed by atoms with Gasteiger partial charge in [-0.3, -0.25) is 0 Å². The first-order valence-corrected chi connectivity index (χ1v) is 6.36. The Morgan fingerprint density at radius 3 is 1.75 bits per heavy atom. The van der Waals surface area contributed by atoms with Crippen molar-refractivity contribution in [1.29, 1.82) is 0 Å². The van der Waals surface area contributed by atoms with E-state index in [4.69, 9.17) is 5.73 Å². The molecule has 0 unspecified atom stereocenters. The van der Waals surface area contributed by atoms with Crippen molar-refractivity contribution in [3.05, 3.63) is 0 Å². The summed E-state index contributed by atoms with van der Waals surface area (Å²) >= 11 is 0. The third-order valence-electron chi connectivity index (χ3n) is 3.90. The molecule has 0 radical (unpaired) electrons. The molecule has 1 saturated heterocycles. The maximum Gasteiger partial charge on any atom is 0.00964 e. The van der Waals surface area contributed by atoms with E-state index in [0.717, 1.165) is 6.04 Å². The molecule has 4 heteroatoms. The highest BCUT2D eigenvalue weighted by atomic mass is 35.5. The smallest absolute Gasteiger partial charge is 0.00964 e. The molecule has 2 nitrogen and oxygen atoms in total. The normalized spacial score (nSPS) is 32.1. The zero-order valence-corrected chi connectivity index (χ0v) is 11.7. The predicted octanol–water partition coefficient (Wildman–Crippen LogP) is 2.98. The van der Waals surface area contributed by atoms with Crippen LogP contribution in [0.3, 0.4) is 0 Å². The molecule has 16 heavy (non-hydrogen) atoms. The number of hydrogen-bond acceptors (Lipinski definition) is 2. The fraction of sp³-hybridized carbons (Fsp3) is 1.00. The van der Waals surface area contributed by atoms with Crippen LogP contribution in [0, 0.1) is 0 Å². The van der Waals surface area contributed by atoms with E-state index in [1.165, 1.54) is 64.5 Å². The lowest BCUT2D eigenvalue weighted by molar-refractivity contribution is 0.155. The van der Waals surface area contributed by atoms with Gasteiger partial charge in [0.25, 0.3) is 0 Å². The lowest BCUT2D eigenvalue weighted by atomic mass is 9.90. The number of likely N-dealkylation sites (tertiary alicyclic amines) is 1. The largest absolute Gasteiger partial charge is 0.328 e. The van der Waals surface area contributed by atoms with Gasteiger partial charge in [-0.2, -0.15) is 0 Å². The molecule has 0 spiro atoms. The first-order chi connectivity index (χ1) is 6.86. The summed E-state index contributed by atoms with van der Waals surface area (Å²) in [6.45, 7) is 2.69. The van der Waals surface area contributed by atoms with E-state index in [0.29, 0.717) is 6.04 Å². The van der Waals surface area contributed by atoms with E-state index < -0.39 is 0 Å². The Balaban J connectivity index is 0.00000112. The Labute approximate surface area is 112 Å². The highest BCUT2D eigenvalue weighted by Gasteiger charge is 2.24. The van der Waals surface area contributed by atoms with E-state index in [1.807, 2.05) is 0 Å². The molecule has 0 bridgehead atoms. The molecule has 0 atom stereocenters. The zero-order chi connectivity index (χ0) is 9.80. The average molecular weight is 269 g/mol. The van der Waals surface area contributed by atoms with Gasteiger partial charge in [0.05, 0.1) is 0 Å². The van der Waals surface area contributed by atoms with E-state index in [2.05, 4.69) is 4.90 Å². The summed E-state index contributed by atoms with van der Waals surface area (Å²) in [7, 11) is 0. The number of nitrogens with two attached hydrogens (primary N) is 1. The van der Waals surface area contributed by atoms with Crippen LogP contribution in [-0.4, -0.2) is 30.1 Å². The number of halogens is 2. The second-order valence-corrected chi connectivity index (χ2v) is 5.02. The van der Waals surface area contributed by atoms with Crippen LogP contribution in [0.25, 0.3) is 0 Å². The summed E-state index contributed by atoms with van der Waals surface area (Å²) in [6, 6.07) is 1.37. The second kappa shape index (κ2) is 8.57. The summed E-state index contributed by atoms with van der Waals surface area (Å²) in [5, 5.41) is 0. The van der Waals surface area contributed by atoms with Gasteiger partial charge in [0.1, 0.15) is 0 Å². The minimum atomic E-state index is 0. The van der Waals surface area contributed by atoms with Gasteiger partial charge >= 0.3 is 0 Å². The first kappa shape index (κ1) is 16.5. The highest BCUT2D eigenvalue weighted by Crippen LogP contribution is 2.24. The molecule has 0 aromatic carbocycles. The standard InChI is InChI=1S/C12H24N2.2ClH/c13-11-5-7-12(8-6-11)14-9-3-1-2-4-10-14;;/h11-12H,1-10,13H2;2*1H. The maximum atomic E-state index is 5.94. The summed E-state index contributed by atoms with van der Waals surface area (Å²) in [5.41, 5.74) is 5.94. The van der Waals surface area contributed by atoms with E-state index in [-0.39, 0.29) is 24.8 Å². The predicted molar refractivity (Wildman–Crippen MR) is 74.8 cm³/mol. The molecule has 1 heterocycles. The first-order valence-electron chi connectivity index (χ1n) is 6.36. The minimum Gasteiger partial charge on any atom is -0.328 e. The van der Waals surface area contributed by atoms with E-state index >= 15 is 0 Å². The van der Waals surface area contributed by atoms with Crippen molar-refractivity contribution in [2.24, 2.45) is 5.73 Å². The van der Waals surface area contributed by atoms with Crippen LogP contribution in [0.4, 0.5) is 0 Å². The van der Waals surface area contributed by atoms with Gasteiger partial charge in [0.15, 0.2) is 0 Å². The quantitative estimate of drug-likeness (QED) is 0.793. The molecule has 0 aromatic rings. The Morgan fingerprint density at radius 2 is 1.25 bits per heavy atom. The van der Waals surface area contributed by atoms with Crippen LogP contribution < -0.4 is 5.73 Å². The molecule has 0 aromatic heterocycles. The molecule has 2 rings (SSSR count). The molecular formula is C12H26Cl2N2. The van der Waals surface area contributed by atoms with Crippen molar-refractivity contribution < 1.29 is 0 Å². The van der Waals surface area contributed by atoms with Crippen molar-refractivity contribution in [3.8, 4) is 0 Å². The SMILES string of the molecule is Cl.Cl.NC1CCC(N2CCCCCC2)CC1. The number of rotatable bonds is 1. The van der Waals surface area contributed by atoms with Crippen LogP contribution in [0.2, 0.25) is 0 Å². The second-order valence-electron chi connectivity index (χ2n) is 5.02. The zero-order valence-electron chi connectivity index (χ0n) is 10.1. The van der Waals surface area contributed by atoms with Crippen LogP contribution in [0.15, 0.2) is 0 Å². The van der Waals surface area contributed by atoms with Crippen molar-refractivity contribution in [1.82, 2.24) is 4.90 Å². The lowest BCUT2D eigenvalue weighted by Crippen LogP contribution is -2.41. The van der Waals surface area contributed by atoms with Gasteiger partial charge in [0.2, 0.25) is 0 Å². The van der Waals surface area contributed by atoms with Crippen LogP contribution >= 0.6 is 24.8 Å². The van der Waals surface area contributed by atoms with Crippen molar-refractivity contribution in [2.75, 3.05) is 13.1 Å². The topological polar surface area (TPSA) is 29.3 Å². The Kier molecular flexibility index (Phi) is 8.84. The third kappa shape index (κ3) is 4.79. The van der Waals surface area contributed by atoms with Gasteiger partial charge in [-0.15, -0.1) is 24.8 Å². The molecule has 1 aliphatic heterocycles. The van der Waals surface area contributed by atoms with Gasteiger partial charge in [-0.1, -0.05) is 12.8 Å². The van der Waals surface area contributed by atoms with Crippen molar-refractivity contribution in [2.45, 2.75) is 63.5 Å². The third-order valence-corrected chi connectivity index (χ3v) is 3.90. The maximum absolute atomic E-state index is 5.94. The van der Waals surface area contributed by atoms with Gasteiger partial charge in [-0.25, -0.2) is 0 Å². The molecule has 0 amide bonds. The fourth-order valence-corrected chi connectivity index (χ4v) is 2.93. The van der Waals surface area contributed by atoms with Crippen molar-refractivity contribution in [3.63, 3.8) is 0 Å². The molecule has 2 aliphatic rings. The fourth-order valence-electron chi connectivity index (χ4n) is 2.93. The minimum absolute atomic E-state index is 0. The molecule has 1 saturated carbocycles. The molecule has 2 fully saturated rings. The van der Waals surface area contributed by atoms with Gasteiger partial charge in [0, 0.05) is 12.1 Å². The monoisotopic (exact) mass is 268 g/mol. The van der Waals surface area contributed by atoms with E-state index in [1.54, 1.807) is 0 Å². The molecule has 2 N–H and O–H groups in total. The average Bonchev–Trinajstić information content (AvgIpc) is 2.47. The highest BCUT2D eigenvalue weighted by molar-refractivity contribution is 5.85. The summed E-state index contributed by atoms with van der Waals surface area (Å²) in [4.78, 5) is 2.74. The molecule has 1 aliphatic carbocycles. The van der Waals surface area contributed by atoms with Gasteiger partial charge in [-0.05, 0) is 51.6 Å². The Morgan fingerprint density at radius 1 is 0.750 bits per heavy atom. The molecule has 98 valence electrons. The molecular weight excluding hydrogens is 243 g/mol. The Hall–Kier alpha value is 0.500. The van der Waals surface area contributed by atoms with E-state index in [9.17, 15) is 0 Å². The number of nitrogens with zero attached hydrogens (tertiary/aromatic N) is 1. The van der Waals surface area contributed by atoms with Crippen LogP contribution in [0.5, 0.6) is 0 Å². The number of hydrogen-bond donors (Lipinski definition) is 1. The van der Waals surface area contributed by atoms with Crippen LogP contribution in [0.1, 0.15) is 51.4 Å². The summed E-state index contributed by atoms with van der Waals surface area (Å²) in [5.74, 6) is 0. The van der Waals surface area contributed by atoms with Gasteiger partial charge < -0.3 is 10.6 Å². The Bertz CT molecular complexity index is 162. The lowest BCUT2D eigenvalue weighted by Gasteiger charge is -2.35. The summed E-state index contributed by atoms with van der Waals surface area (Å²) < 4.78 is 0. The van der Waals surface area contributed by atoms with Crippen LogP contribution in [-0.2, 0) is 0 Å².